The Labute approximate surface area is 201 Å². The van der Waals surface area contributed by atoms with Crippen LogP contribution in [-0.2, 0) is 17.8 Å². The molecule has 2 aromatic carbocycles. The van der Waals surface area contributed by atoms with Crippen LogP contribution < -0.4 is 15.0 Å². The second-order valence-electron chi connectivity index (χ2n) is 7.89. The molecule has 0 radical (unpaired) electrons. The van der Waals surface area contributed by atoms with Crippen LogP contribution in [-0.4, -0.2) is 30.6 Å². The van der Waals surface area contributed by atoms with Crippen molar-refractivity contribution < 1.29 is 9.53 Å². The molecule has 0 spiro atoms. The van der Waals surface area contributed by atoms with Crippen molar-refractivity contribution in [2.45, 2.75) is 24.0 Å². The van der Waals surface area contributed by atoms with E-state index in [1.807, 2.05) is 65.2 Å². The number of carbonyl (C=O) groups excluding carboxylic acids is 1. The monoisotopic (exact) mass is 482 g/mol. The summed E-state index contributed by atoms with van der Waals surface area (Å²) >= 11 is 5.85. The Balaban J connectivity index is 1.18. The molecule has 3 aromatic rings. The third-order valence-corrected chi connectivity index (χ3v) is 9.71. The summed E-state index contributed by atoms with van der Waals surface area (Å²) in [5.74, 6) is 3.03. The molecular weight excluding hydrogens is 456 g/mol. The van der Waals surface area contributed by atoms with E-state index in [0.717, 1.165) is 36.6 Å². The van der Waals surface area contributed by atoms with Gasteiger partial charge in [-0.3, -0.25) is 4.79 Å². The summed E-state index contributed by atoms with van der Waals surface area (Å²) < 4.78 is 6.28. The lowest BCUT2D eigenvalue weighted by Gasteiger charge is -2.30. The molecule has 0 bridgehead atoms. The molecule has 1 saturated heterocycles. The van der Waals surface area contributed by atoms with E-state index < -0.39 is 0 Å². The van der Waals surface area contributed by atoms with Crippen LogP contribution in [0.4, 0.5) is 11.4 Å². The van der Waals surface area contributed by atoms with Crippen molar-refractivity contribution in [3.63, 3.8) is 0 Å². The van der Waals surface area contributed by atoms with Crippen LogP contribution in [0.3, 0.4) is 0 Å². The Kier molecular flexibility index (Phi) is 6.95. The van der Waals surface area contributed by atoms with Crippen molar-refractivity contribution in [1.82, 2.24) is 0 Å². The molecule has 1 N–H and O–H groups in total. The number of anilines is 2. The number of hydrogen-bond donors (Lipinski definition) is 1. The highest BCUT2D eigenvalue weighted by atomic mass is 32.2. The first-order valence-corrected chi connectivity index (χ1v) is 13.9. The Morgan fingerprint density at radius 2 is 1.88 bits per heavy atom. The van der Waals surface area contributed by atoms with E-state index in [0.29, 0.717) is 4.58 Å². The van der Waals surface area contributed by atoms with Gasteiger partial charge < -0.3 is 15.0 Å². The Bertz CT molecular complexity index is 1060. The first-order chi connectivity index (χ1) is 15.8. The van der Waals surface area contributed by atoms with E-state index in [-0.39, 0.29) is 12.5 Å². The quantitative estimate of drug-likeness (QED) is 0.453. The molecule has 32 heavy (non-hydrogen) atoms. The summed E-state index contributed by atoms with van der Waals surface area (Å²) in [5, 5.41) is 5.21. The molecule has 2 aliphatic heterocycles. The number of thiophene rings is 1. The molecule has 4 nitrogen and oxygen atoms in total. The lowest BCUT2D eigenvalue weighted by Crippen LogP contribution is -2.30. The van der Waals surface area contributed by atoms with Crippen molar-refractivity contribution in [3.05, 3.63) is 76.0 Å². The normalized spacial score (nSPS) is 16.4. The van der Waals surface area contributed by atoms with Gasteiger partial charge in [-0.1, -0.05) is 24.3 Å². The SMILES string of the molecule is O=C(COc1ccc(C2SCCCS2)cc1)Nc1ccccc1N1CCc2sccc2C1. The molecule has 2 aliphatic rings. The maximum atomic E-state index is 12.6. The molecule has 1 aromatic heterocycles. The van der Waals surface area contributed by atoms with Gasteiger partial charge in [0.15, 0.2) is 6.61 Å². The molecule has 3 heterocycles. The van der Waals surface area contributed by atoms with E-state index in [1.54, 1.807) is 0 Å². The van der Waals surface area contributed by atoms with Crippen molar-refractivity contribution in [1.29, 1.82) is 0 Å². The lowest BCUT2D eigenvalue weighted by molar-refractivity contribution is -0.118. The highest BCUT2D eigenvalue weighted by Crippen LogP contribution is 2.43. The molecule has 1 fully saturated rings. The van der Waals surface area contributed by atoms with Crippen LogP contribution in [0.25, 0.3) is 0 Å². The summed E-state index contributed by atoms with van der Waals surface area (Å²) in [4.78, 5) is 16.4. The molecule has 5 rings (SSSR count). The van der Waals surface area contributed by atoms with Gasteiger partial charge in [-0.15, -0.1) is 34.9 Å². The van der Waals surface area contributed by atoms with Gasteiger partial charge >= 0.3 is 0 Å². The fraction of sp³-hybridized carbons (Fsp3) is 0.320. The lowest BCUT2D eigenvalue weighted by atomic mass is 10.1. The highest BCUT2D eigenvalue weighted by molar-refractivity contribution is 8.16. The fourth-order valence-corrected chi connectivity index (χ4v) is 7.83. The molecule has 0 saturated carbocycles. The van der Waals surface area contributed by atoms with E-state index in [2.05, 4.69) is 39.9 Å². The standard InChI is InChI=1S/C25H26N2O2S3/c28-24(17-29-20-8-6-18(7-9-20)25-31-13-3-14-32-25)26-21-4-1-2-5-22(21)27-12-10-23-19(16-27)11-15-30-23/h1-2,4-9,11,15,25H,3,10,12-14,16-17H2,(H,26,28). The topological polar surface area (TPSA) is 41.6 Å². The molecule has 0 aliphatic carbocycles. The number of carbonyl (C=O) groups is 1. The van der Waals surface area contributed by atoms with Gasteiger partial charge in [0.2, 0.25) is 0 Å². The van der Waals surface area contributed by atoms with E-state index in [1.165, 1.54) is 33.9 Å². The smallest absolute Gasteiger partial charge is 0.262 e. The molecule has 166 valence electrons. The molecule has 1 amide bonds. The average molecular weight is 483 g/mol. The fourth-order valence-electron chi connectivity index (χ4n) is 4.05. The number of nitrogens with one attached hydrogen (secondary N) is 1. The predicted octanol–water partition coefficient (Wildman–Crippen LogP) is 6.20. The molecular formula is C25H26N2O2S3. The number of amides is 1. The van der Waals surface area contributed by atoms with Crippen molar-refractivity contribution in [3.8, 4) is 5.75 Å². The predicted molar refractivity (Wildman–Crippen MR) is 138 cm³/mol. The van der Waals surface area contributed by atoms with E-state index >= 15 is 0 Å². The van der Waals surface area contributed by atoms with Crippen LogP contribution in [0, 0.1) is 0 Å². The summed E-state index contributed by atoms with van der Waals surface area (Å²) in [5.41, 5.74) is 4.60. The first-order valence-electron chi connectivity index (χ1n) is 10.9. The first kappa shape index (κ1) is 21.7. The van der Waals surface area contributed by atoms with Crippen molar-refractivity contribution in [2.24, 2.45) is 0 Å². The summed E-state index contributed by atoms with van der Waals surface area (Å²) in [7, 11) is 0. The minimum atomic E-state index is -0.145. The second-order valence-corrected chi connectivity index (χ2v) is 11.6. The largest absolute Gasteiger partial charge is 0.484 e. The molecule has 0 atom stereocenters. The highest BCUT2D eigenvalue weighted by Gasteiger charge is 2.20. The summed E-state index contributed by atoms with van der Waals surface area (Å²) in [6, 6.07) is 18.4. The molecule has 0 unspecified atom stereocenters. The summed E-state index contributed by atoms with van der Waals surface area (Å²) in [6.45, 7) is 1.84. The molecule has 7 heteroatoms. The number of fused-ring (bicyclic) bond motifs is 1. The van der Waals surface area contributed by atoms with Crippen molar-refractivity contribution in [2.75, 3.05) is 34.9 Å². The zero-order chi connectivity index (χ0) is 21.8. The maximum absolute atomic E-state index is 12.6. The van der Waals surface area contributed by atoms with Gasteiger partial charge in [-0.2, -0.15) is 0 Å². The number of rotatable bonds is 6. The van der Waals surface area contributed by atoms with Crippen LogP contribution in [0.5, 0.6) is 5.75 Å². The third-order valence-electron chi connectivity index (χ3n) is 5.68. The summed E-state index contributed by atoms with van der Waals surface area (Å²) in [6.07, 6.45) is 2.34. The van der Waals surface area contributed by atoms with Crippen LogP contribution in [0.1, 0.15) is 27.0 Å². The minimum Gasteiger partial charge on any atom is -0.484 e. The number of hydrogen-bond acceptors (Lipinski definition) is 6. The van der Waals surface area contributed by atoms with Gasteiger partial charge in [0, 0.05) is 18.0 Å². The minimum absolute atomic E-state index is 0.00467. The zero-order valence-electron chi connectivity index (χ0n) is 17.8. The van der Waals surface area contributed by atoms with Gasteiger partial charge in [0.05, 0.1) is 16.0 Å². The third kappa shape index (κ3) is 5.11. The zero-order valence-corrected chi connectivity index (χ0v) is 20.2. The maximum Gasteiger partial charge on any atom is 0.262 e. The number of thioether (sulfide) groups is 2. The van der Waals surface area contributed by atoms with Gasteiger partial charge in [-0.25, -0.2) is 0 Å². The van der Waals surface area contributed by atoms with E-state index in [4.69, 9.17) is 4.74 Å². The van der Waals surface area contributed by atoms with Crippen LogP contribution >= 0.6 is 34.9 Å². The van der Waals surface area contributed by atoms with Crippen molar-refractivity contribution >= 4 is 52.1 Å². The number of nitrogens with zero attached hydrogens (tertiary/aromatic N) is 1. The number of benzene rings is 2. The van der Waals surface area contributed by atoms with Gasteiger partial charge in [-0.05, 0) is 71.2 Å². The average Bonchev–Trinajstić information content (AvgIpc) is 3.32. The second kappa shape index (κ2) is 10.2. The van der Waals surface area contributed by atoms with Crippen LogP contribution in [0.2, 0.25) is 0 Å². The van der Waals surface area contributed by atoms with E-state index in [9.17, 15) is 4.79 Å². The number of ether oxygens (including phenoxy) is 1. The van der Waals surface area contributed by atoms with Gasteiger partial charge in [0.25, 0.3) is 5.91 Å². The Morgan fingerprint density at radius 1 is 1.06 bits per heavy atom. The van der Waals surface area contributed by atoms with Gasteiger partial charge in [0.1, 0.15) is 5.75 Å². The van der Waals surface area contributed by atoms with Crippen LogP contribution in [0.15, 0.2) is 60.0 Å². The Morgan fingerprint density at radius 3 is 2.72 bits per heavy atom. The number of para-hydroxylation sites is 2. The Hall–Kier alpha value is -2.09.